The fraction of sp³-hybridized carbons (Fsp3) is 0.583. The van der Waals surface area contributed by atoms with Crippen LogP contribution in [0.5, 0.6) is 0 Å². The van der Waals surface area contributed by atoms with Crippen LogP contribution in [0.2, 0.25) is 0 Å². The average Bonchev–Trinajstić information content (AvgIpc) is 3.40. The second-order valence-corrected chi connectivity index (χ2v) is 10.1. The summed E-state index contributed by atoms with van der Waals surface area (Å²) in [6.07, 6.45) is 5.13. The smallest absolute Gasteiger partial charge is 0.255 e. The Balaban J connectivity index is 1.68. The number of aromatic nitrogens is 1. The molecule has 1 amide bonds. The van der Waals surface area contributed by atoms with E-state index in [-0.39, 0.29) is 23.2 Å². The van der Waals surface area contributed by atoms with Crippen LogP contribution in [0, 0.1) is 18.7 Å². The van der Waals surface area contributed by atoms with Gasteiger partial charge in [-0.25, -0.2) is 4.39 Å². The predicted octanol–water partition coefficient (Wildman–Crippen LogP) is 2.10. The van der Waals surface area contributed by atoms with Gasteiger partial charge in [-0.1, -0.05) is 6.07 Å². The fourth-order valence-electron chi connectivity index (χ4n) is 6.35. The second kappa shape index (κ2) is 6.87. The molecule has 6 nitrogen and oxygen atoms in total. The van der Waals surface area contributed by atoms with E-state index < -0.39 is 17.0 Å². The van der Waals surface area contributed by atoms with Crippen molar-refractivity contribution in [3.05, 3.63) is 51.2 Å². The Bertz CT molecular complexity index is 1140. The highest BCUT2D eigenvalue weighted by Gasteiger charge is 2.59. The molecule has 2 saturated carbocycles. The Morgan fingerprint density at radius 1 is 1.35 bits per heavy atom. The number of aryl methyl sites for hydroxylation is 1. The van der Waals surface area contributed by atoms with Crippen molar-refractivity contribution in [3.8, 4) is 0 Å². The van der Waals surface area contributed by atoms with E-state index in [0.717, 1.165) is 42.3 Å². The van der Waals surface area contributed by atoms with E-state index >= 15 is 4.39 Å². The number of rotatable bonds is 4. The molecule has 3 fully saturated rings. The number of fused-ring (bicyclic) bond motifs is 2. The number of nitrogens with zero attached hydrogens (tertiary/aromatic N) is 1. The summed E-state index contributed by atoms with van der Waals surface area (Å²) < 4.78 is 17.2. The van der Waals surface area contributed by atoms with Crippen LogP contribution < -0.4 is 21.9 Å². The van der Waals surface area contributed by atoms with Gasteiger partial charge in [0.25, 0.3) is 5.56 Å². The first-order valence-electron chi connectivity index (χ1n) is 11.3. The van der Waals surface area contributed by atoms with Crippen molar-refractivity contribution >= 4 is 11.4 Å². The number of hydrogen-bond acceptors (Lipinski definition) is 4. The van der Waals surface area contributed by atoms with Crippen LogP contribution >= 0.6 is 0 Å². The molecule has 5 rings (SSSR count). The summed E-state index contributed by atoms with van der Waals surface area (Å²) in [5.74, 6) is -0.0278. The van der Waals surface area contributed by atoms with E-state index in [0.29, 0.717) is 24.6 Å². The molecule has 3 aliphatic rings. The number of pyridine rings is 2. The van der Waals surface area contributed by atoms with Gasteiger partial charge in [0.2, 0.25) is 5.91 Å². The molecular weight excluding hydrogens is 395 g/mol. The second-order valence-electron chi connectivity index (χ2n) is 10.1. The monoisotopic (exact) mass is 426 g/mol. The third-order valence-electron chi connectivity index (χ3n) is 8.02. The van der Waals surface area contributed by atoms with E-state index in [1.165, 1.54) is 10.6 Å². The predicted molar refractivity (Wildman–Crippen MR) is 118 cm³/mol. The van der Waals surface area contributed by atoms with Crippen molar-refractivity contribution in [2.24, 2.45) is 11.7 Å². The van der Waals surface area contributed by atoms with E-state index in [4.69, 9.17) is 5.73 Å². The molecule has 31 heavy (non-hydrogen) atoms. The zero-order chi connectivity index (χ0) is 22.1. The zero-order valence-corrected chi connectivity index (χ0v) is 18.4. The van der Waals surface area contributed by atoms with Crippen LogP contribution in [0.15, 0.2) is 23.1 Å². The molecule has 1 saturated heterocycles. The standard InChI is InChI=1S/C24H31FN4O2/c1-13-20(17(25)11-29-19(30)7-6-16(21(13)29)15-4-5-15)24-9-8-23(3,18(24)10-27-12-24)28-22(31)14(2)26/h6-7,11,14-15,18,27H,4-5,8-10,12,26H2,1-3H3,(H,28,31)/t14-,18?,23?,24?/m0/s1. The average molecular weight is 427 g/mol. The summed E-state index contributed by atoms with van der Waals surface area (Å²) in [7, 11) is 0. The maximum absolute atomic E-state index is 15.7. The Morgan fingerprint density at radius 3 is 2.77 bits per heavy atom. The van der Waals surface area contributed by atoms with Gasteiger partial charge in [0, 0.05) is 47.8 Å². The highest BCUT2D eigenvalue weighted by molar-refractivity contribution is 5.82. The number of carbonyl (C=O) groups is 1. The molecule has 2 aromatic heterocycles. The molecule has 0 aromatic carbocycles. The van der Waals surface area contributed by atoms with Gasteiger partial charge in [0.1, 0.15) is 5.82 Å². The lowest BCUT2D eigenvalue weighted by molar-refractivity contribution is -0.124. The van der Waals surface area contributed by atoms with Gasteiger partial charge in [-0.3, -0.25) is 14.0 Å². The van der Waals surface area contributed by atoms with Crippen LogP contribution in [0.3, 0.4) is 0 Å². The van der Waals surface area contributed by atoms with Crippen molar-refractivity contribution in [1.82, 2.24) is 15.0 Å². The SMILES string of the molecule is Cc1c(C23CCC(C)(NC(=O)[C@H](C)N)C2CNC3)c(F)cn2c(=O)ccc(C3CC3)c12. The van der Waals surface area contributed by atoms with E-state index in [1.54, 1.807) is 13.0 Å². The zero-order valence-electron chi connectivity index (χ0n) is 18.4. The van der Waals surface area contributed by atoms with Crippen molar-refractivity contribution in [1.29, 1.82) is 0 Å². The van der Waals surface area contributed by atoms with Gasteiger partial charge in [-0.05, 0) is 63.5 Å². The summed E-state index contributed by atoms with van der Waals surface area (Å²) in [5, 5.41) is 6.63. The molecule has 0 bridgehead atoms. The number of halogens is 1. The molecular formula is C24H31FN4O2. The van der Waals surface area contributed by atoms with E-state index in [9.17, 15) is 9.59 Å². The largest absolute Gasteiger partial charge is 0.349 e. The number of carbonyl (C=O) groups excluding carboxylic acids is 1. The first-order chi connectivity index (χ1) is 14.7. The van der Waals surface area contributed by atoms with Crippen LogP contribution in [0.25, 0.3) is 5.52 Å². The van der Waals surface area contributed by atoms with Crippen molar-refractivity contribution in [2.45, 2.75) is 69.4 Å². The summed E-state index contributed by atoms with van der Waals surface area (Å²) >= 11 is 0. The molecule has 7 heteroatoms. The molecule has 0 radical (unpaired) electrons. The normalized spacial score (nSPS) is 31.1. The minimum absolute atomic E-state index is 0.0400. The Kier molecular flexibility index (Phi) is 4.58. The minimum Gasteiger partial charge on any atom is -0.349 e. The van der Waals surface area contributed by atoms with Crippen LogP contribution in [-0.4, -0.2) is 35.0 Å². The topological polar surface area (TPSA) is 88.6 Å². The first kappa shape index (κ1) is 20.6. The third kappa shape index (κ3) is 2.97. The molecule has 2 aromatic rings. The molecule has 1 aliphatic heterocycles. The van der Waals surface area contributed by atoms with Crippen molar-refractivity contribution < 1.29 is 9.18 Å². The van der Waals surface area contributed by atoms with Crippen LogP contribution in [0.1, 0.15) is 62.1 Å². The molecule has 2 aliphatic carbocycles. The number of nitrogens with two attached hydrogens (primary N) is 1. The van der Waals surface area contributed by atoms with Gasteiger partial charge in [-0.15, -0.1) is 0 Å². The number of nitrogens with one attached hydrogen (secondary N) is 2. The van der Waals surface area contributed by atoms with E-state index in [2.05, 4.69) is 17.6 Å². The molecule has 4 atom stereocenters. The molecule has 3 heterocycles. The Hall–Kier alpha value is -2.25. The highest BCUT2D eigenvalue weighted by atomic mass is 19.1. The fourth-order valence-corrected chi connectivity index (χ4v) is 6.35. The first-order valence-corrected chi connectivity index (χ1v) is 11.3. The van der Waals surface area contributed by atoms with Crippen molar-refractivity contribution in [3.63, 3.8) is 0 Å². The van der Waals surface area contributed by atoms with Crippen molar-refractivity contribution in [2.75, 3.05) is 13.1 Å². The lowest BCUT2D eigenvalue weighted by Gasteiger charge is -2.38. The van der Waals surface area contributed by atoms with Crippen LogP contribution in [0.4, 0.5) is 4.39 Å². The van der Waals surface area contributed by atoms with Crippen LogP contribution in [-0.2, 0) is 10.2 Å². The molecule has 3 unspecified atom stereocenters. The lowest BCUT2D eigenvalue weighted by atomic mass is 9.69. The third-order valence-corrected chi connectivity index (χ3v) is 8.02. The van der Waals surface area contributed by atoms with Gasteiger partial charge >= 0.3 is 0 Å². The van der Waals surface area contributed by atoms with Gasteiger partial charge in [-0.2, -0.15) is 0 Å². The molecule has 4 N–H and O–H groups in total. The van der Waals surface area contributed by atoms with Gasteiger partial charge in [0.05, 0.1) is 11.6 Å². The Morgan fingerprint density at radius 2 is 2.10 bits per heavy atom. The summed E-state index contributed by atoms with van der Waals surface area (Å²) in [6, 6.07) is 2.88. The maximum atomic E-state index is 15.7. The van der Waals surface area contributed by atoms with Gasteiger partial charge in [0.15, 0.2) is 0 Å². The lowest BCUT2D eigenvalue weighted by Crippen LogP contribution is -2.55. The summed E-state index contributed by atoms with van der Waals surface area (Å²) in [4.78, 5) is 25.0. The van der Waals surface area contributed by atoms with E-state index in [1.807, 2.05) is 13.0 Å². The highest BCUT2D eigenvalue weighted by Crippen LogP contribution is 2.55. The summed E-state index contributed by atoms with van der Waals surface area (Å²) in [5.41, 5.74) is 8.28. The molecule has 166 valence electrons. The quantitative estimate of drug-likeness (QED) is 0.699. The van der Waals surface area contributed by atoms with Gasteiger partial charge < -0.3 is 16.4 Å². The maximum Gasteiger partial charge on any atom is 0.255 e. The molecule has 0 spiro atoms. The minimum atomic E-state index is -0.590. The number of hydrogen-bond donors (Lipinski definition) is 3. The summed E-state index contributed by atoms with van der Waals surface area (Å²) in [6.45, 7) is 7.06. The Labute approximate surface area is 181 Å². The number of amides is 1.